The van der Waals surface area contributed by atoms with Gasteiger partial charge in [-0.15, -0.1) is 0 Å². The van der Waals surface area contributed by atoms with E-state index in [0.29, 0.717) is 36.1 Å². The van der Waals surface area contributed by atoms with Crippen molar-refractivity contribution in [3.05, 3.63) is 72.0 Å². The minimum atomic E-state index is -0.656. The van der Waals surface area contributed by atoms with Crippen molar-refractivity contribution in [3.8, 4) is 17.2 Å². The van der Waals surface area contributed by atoms with E-state index >= 15 is 0 Å². The molecule has 0 aliphatic carbocycles. The molecule has 0 saturated carbocycles. The van der Waals surface area contributed by atoms with Crippen molar-refractivity contribution in [2.75, 3.05) is 25.6 Å². The number of fused-ring (bicyclic) bond motifs is 1. The zero-order chi connectivity index (χ0) is 20.2. The first-order chi connectivity index (χ1) is 14.1. The molecule has 1 aliphatic heterocycles. The van der Waals surface area contributed by atoms with Crippen molar-refractivity contribution >= 4 is 23.4 Å². The van der Waals surface area contributed by atoms with Gasteiger partial charge < -0.3 is 19.5 Å². The van der Waals surface area contributed by atoms with Gasteiger partial charge in [0.25, 0.3) is 5.91 Å². The molecule has 0 unspecified atom stereocenters. The number of rotatable bonds is 5. The van der Waals surface area contributed by atoms with E-state index in [-0.39, 0.29) is 5.56 Å². The number of benzene rings is 3. The number of ether oxygens (including phenoxy) is 3. The molecule has 0 fully saturated rings. The second-order valence-electron chi connectivity index (χ2n) is 6.21. The molecule has 7 heteroatoms. The van der Waals surface area contributed by atoms with Crippen molar-refractivity contribution in [3.63, 3.8) is 0 Å². The molecule has 5 nitrogen and oxygen atoms in total. The van der Waals surface area contributed by atoms with E-state index in [2.05, 4.69) is 5.32 Å². The highest BCUT2D eigenvalue weighted by molar-refractivity contribution is 7.99. The van der Waals surface area contributed by atoms with Crippen LogP contribution in [0.3, 0.4) is 0 Å². The highest BCUT2D eigenvalue weighted by Gasteiger charge is 2.20. The fourth-order valence-corrected chi connectivity index (χ4v) is 3.80. The quantitative estimate of drug-likeness (QED) is 0.640. The van der Waals surface area contributed by atoms with Gasteiger partial charge in [-0.1, -0.05) is 30.0 Å². The smallest absolute Gasteiger partial charge is 0.258 e. The van der Waals surface area contributed by atoms with E-state index in [1.807, 2.05) is 36.4 Å². The standard InChI is InChI=1S/C22H18FNO4S/c1-26-14-7-8-16(17(23)11-14)22(25)24-18-12-19-20(28-10-9-27-19)13-21(18)29-15-5-3-2-4-6-15/h2-8,11-13H,9-10H2,1H3,(H,24,25). The first kappa shape index (κ1) is 19.1. The van der Waals surface area contributed by atoms with Crippen molar-refractivity contribution in [1.29, 1.82) is 0 Å². The van der Waals surface area contributed by atoms with Crippen LogP contribution in [-0.4, -0.2) is 26.2 Å². The Morgan fingerprint density at radius 3 is 2.45 bits per heavy atom. The van der Waals surface area contributed by atoms with Gasteiger partial charge in [0.1, 0.15) is 24.8 Å². The maximum Gasteiger partial charge on any atom is 0.258 e. The van der Waals surface area contributed by atoms with Crippen LogP contribution in [0.2, 0.25) is 0 Å². The van der Waals surface area contributed by atoms with Gasteiger partial charge in [0, 0.05) is 28.0 Å². The molecule has 29 heavy (non-hydrogen) atoms. The van der Waals surface area contributed by atoms with E-state index < -0.39 is 11.7 Å². The molecule has 3 aromatic rings. The summed E-state index contributed by atoms with van der Waals surface area (Å²) in [5, 5.41) is 2.80. The molecule has 0 bridgehead atoms. The number of amides is 1. The van der Waals surface area contributed by atoms with Crippen LogP contribution in [0.4, 0.5) is 10.1 Å². The Labute approximate surface area is 171 Å². The van der Waals surface area contributed by atoms with Gasteiger partial charge in [-0.3, -0.25) is 4.79 Å². The maximum atomic E-state index is 14.3. The minimum absolute atomic E-state index is 0.0728. The fourth-order valence-electron chi connectivity index (χ4n) is 2.86. The van der Waals surface area contributed by atoms with Crippen LogP contribution < -0.4 is 19.5 Å². The van der Waals surface area contributed by atoms with Crippen molar-refractivity contribution in [2.24, 2.45) is 0 Å². The third-order valence-corrected chi connectivity index (χ3v) is 5.35. The zero-order valence-corrected chi connectivity index (χ0v) is 16.4. The Bertz CT molecular complexity index is 1040. The monoisotopic (exact) mass is 411 g/mol. The van der Waals surface area contributed by atoms with E-state index in [1.165, 1.54) is 31.0 Å². The average molecular weight is 411 g/mol. The number of carbonyl (C=O) groups is 1. The molecule has 0 atom stereocenters. The van der Waals surface area contributed by atoms with Gasteiger partial charge >= 0.3 is 0 Å². The molecule has 1 N–H and O–H groups in total. The van der Waals surface area contributed by atoms with Crippen LogP contribution in [0.5, 0.6) is 17.2 Å². The lowest BCUT2D eigenvalue weighted by Gasteiger charge is -2.21. The normalized spacial score (nSPS) is 12.3. The van der Waals surface area contributed by atoms with Crippen LogP contribution in [0, 0.1) is 5.82 Å². The molecule has 1 aliphatic rings. The first-order valence-corrected chi connectivity index (χ1v) is 9.77. The lowest BCUT2D eigenvalue weighted by Crippen LogP contribution is -2.17. The topological polar surface area (TPSA) is 56.8 Å². The summed E-state index contributed by atoms with van der Waals surface area (Å²) in [5.41, 5.74) is 0.444. The second kappa shape index (κ2) is 8.45. The van der Waals surface area contributed by atoms with Gasteiger partial charge in [0.05, 0.1) is 18.4 Å². The van der Waals surface area contributed by atoms with Crippen molar-refractivity contribution in [2.45, 2.75) is 9.79 Å². The summed E-state index contributed by atoms with van der Waals surface area (Å²) in [6.07, 6.45) is 0. The predicted octanol–water partition coefficient (Wildman–Crippen LogP) is 5.01. The SMILES string of the molecule is COc1ccc(C(=O)Nc2cc3c(cc2Sc2ccccc2)OCCO3)c(F)c1. The molecule has 0 aromatic heterocycles. The summed E-state index contributed by atoms with van der Waals surface area (Å²) >= 11 is 1.47. The molecule has 0 saturated heterocycles. The highest BCUT2D eigenvalue weighted by Crippen LogP contribution is 2.42. The molecule has 0 radical (unpaired) electrons. The summed E-state index contributed by atoms with van der Waals surface area (Å²) in [6.45, 7) is 0.893. The van der Waals surface area contributed by atoms with Gasteiger partial charge in [-0.05, 0) is 24.3 Å². The van der Waals surface area contributed by atoms with E-state index in [0.717, 1.165) is 9.79 Å². The number of halogens is 1. The molecule has 1 amide bonds. The Morgan fingerprint density at radius 2 is 1.76 bits per heavy atom. The zero-order valence-electron chi connectivity index (χ0n) is 15.6. The fraction of sp³-hybridized carbons (Fsp3) is 0.136. The van der Waals surface area contributed by atoms with Crippen LogP contribution in [0.1, 0.15) is 10.4 Å². The van der Waals surface area contributed by atoms with Crippen molar-refractivity contribution in [1.82, 2.24) is 0 Å². The number of methoxy groups -OCH3 is 1. The largest absolute Gasteiger partial charge is 0.497 e. The Balaban J connectivity index is 1.67. The van der Waals surface area contributed by atoms with Gasteiger partial charge in [0.15, 0.2) is 11.5 Å². The van der Waals surface area contributed by atoms with Gasteiger partial charge in [-0.25, -0.2) is 4.39 Å². The maximum absolute atomic E-state index is 14.3. The van der Waals surface area contributed by atoms with Crippen LogP contribution in [-0.2, 0) is 0 Å². The molecule has 4 rings (SSSR count). The third-order valence-electron chi connectivity index (χ3n) is 4.28. The Morgan fingerprint density at radius 1 is 1.03 bits per heavy atom. The lowest BCUT2D eigenvalue weighted by molar-refractivity contribution is 0.102. The summed E-state index contributed by atoms with van der Waals surface area (Å²) in [6, 6.07) is 17.4. The molecule has 1 heterocycles. The van der Waals surface area contributed by atoms with E-state index in [1.54, 1.807) is 12.1 Å². The first-order valence-electron chi connectivity index (χ1n) is 8.95. The molecule has 148 valence electrons. The number of nitrogens with one attached hydrogen (secondary N) is 1. The van der Waals surface area contributed by atoms with Gasteiger partial charge in [-0.2, -0.15) is 0 Å². The number of carbonyl (C=O) groups excluding carboxylic acids is 1. The number of hydrogen-bond donors (Lipinski definition) is 1. The van der Waals surface area contributed by atoms with E-state index in [4.69, 9.17) is 14.2 Å². The Kier molecular flexibility index (Phi) is 5.57. The van der Waals surface area contributed by atoms with Gasteiger partial charge in [0.2, 0.25) is 0 Å². The molecule has 0 spiro atoms. The van der Waals surface area contributed by atoms with E-state index in [9.17, 15) is 9.18 Å². The summed E-state index contributed by atoms with van der Waals surface area (Å²) in [5.74, 6) is 0.287. The molecule has 3 aromatic carbocycles. The predicted molar refractivity (Wildman–Crippen MR) is 109 cm³/mol. The van der Waals surface area contributed by atoms with Crippen LogP contribution >= 0.6 is 11.8 Å². The Hall–Kier alpha value is -3.19. The third kappa shape index (κ3) is 4.30. The minimum Gasteiger partial charge on any atom is -0.497 e. The number of anilines is 1. The second-order valence-corrected chi connectivity index (χ2v) is 7.32. The van der Waals surface area contributed by atoms with Crippen LogP contribution in [0.25, 0.3) is 0 Å². The number of hydrogen-bond acceptors (Lipinski definition) is 5. The summed E-state index contributed by atoms with van der Waals surface area (Å²) in [4.78, 5) is 14.5. The average Bonchev–Trinajstić information content (AvgIpc) is 2.74. The molecular weight excluding hydrogens is 393 g/mol. The molecular formula is C22H18FNO4S. The summed E-state index contributed by atoms with van der Waals surface area (Å²) < 4.78 is 30.6. The lowest BCUT2D eigenvalue weighted by atomic mass is 10.1. The van der Waals surface area contributed by atoms with Crippen LogP contribution in [0.15, 0.2) is 70.5 Å². The van der Waals surface area contributed by atoms with Crippen molar-refractivity contribution < 1.29 is 23.4 Å². The summed E-state index contributed by atoms with van der Waals surface area (Å²) in [7, 11) is 1.44. The highest BCUT2D eigenvalue weighted by atomic mass is 32.2.